The van der Waals surface area contributed by atoms with Crippen LogP contribution in [0.1, 0.15) is 44.3 Å². The normalized spacial score (nSPS) is 33.6. The number of carbonyl (C=O) groups excluding carboxylic acids is 1. The van der Waals surface area contributed by atoms with Crippen molar-refractivity contribution in [2.75, 3.05) is 6.98 Å². The Morgan fingerprint density at radius 2 is 2.24 bits per heavy atom. The highest BCUT2D eigenvalue weighted by atomic mass is 16.5. The van der Waals surface area contributed by atoms with Crippen LogP contribution >= 0.6 is 0 Å². The van der Waals surface area contributed by atoms with Crippen LogP contribution in [0.5, 0.6) is 0 Å². The lowest BCUT2D eigenvalue weighted by Crippen LogP contribution is -2.43. The quantitative estimate of drug-likeness (QED) is 0.865. The van der Waals surface area contributed by atoms with Crippen molar-refractivity contribution in [2.45, 2.75) is 43.9 Å². The highest BCUT2D eigenvalue weighted by Gasteiger charge is 2.40. The molecular formula is C17H20N2O2. The third kappa shape index (κ3) is 2.14. The summed E-state index contributed by atoms with van der Waals surface area (Å²) in [5.41, 5.74) is 0.450. The van der Waals surface area contributed by atoms with E-state index in [-0.39, 0.29) is 52.8 Å². The van der Waals surface area contributed by atoms with Crippen LogP contribution < -0.4 is 0 Å². The maximum absolute atomic E-state index is 12.7. The van der Waals surface area contributed by atoms with Crippen molar-refractivity contribution in [3.8, 4) is 0 Å². The second-order valence-electron chi connectivity index (χ2n) is 5.80. The van der Waals surface area contributed by atoms with E-state index >= 15 is 0 Å². The van der Waals surface area contributed by atoms with Crippen LogP contribution in [0.15, 0.2) is 30.4 Å². The largest absolute Gasteiger partial charge is 0.459 e. The zero-order valence-electron chi connectivity index (χ0n) is 17.5. The van der Waals surface area contributed by atoms with E-state index < -0.39 is 12.9 Å². The number of carbonyl (C=O) groups is 1. The highest BCUT2D eigenvalue weighted by Crippen LogP contribution is 2.35. The molecule has 3 heterocycles. The monoisotopic (exact) mass is 290 g/mol. The minimum absolute atomic E-state index is 0.00325. The molecule has 2 saturated heterocycles. The Morgan fingerprint density at radius 3 is 3.00 bits per heavy atom. The van der Waals surface area contributed by atoms with Crippen LogP contribution in [-0.4, -0.2) is 41.0 Å². The maximum Gasteiger partial charge on any atom is 0.340 e. The van der Waals surface area contributed by atoms with E-state index in [0.717, 1.165) is 12.8 Å². The highest BCUT2D eigenvalue weighted by molar-refractivity contribution is 6.04. The molecule has 1 N–H and O–H groups in total. The van der Waals surface area contributed by atoms with Gasteiger partial charge in [0.25, 0.3) is 0 Å². The number of rotatable bonds is 2. The van der Waals surface area contributed by atoms with Gasteiger partial charge in [-0.15, -0.1) is 0 Å². The minimum atomic E-state index is -2.13. The molecule has 3 atom stereocenters. The summed E-state index contributed by atoms with van der Waals surface area (Å²) < 4.78 is 52.4. The molecule has 2 aliphatic heterocycles. The van der Waals surface area contributed by atoms with Gasteiger partial charge < -0.3 is 14.6 Å². The number of H-pyrrole nitrogens is 1. The molecule has 2 aliphatic rings. The fourth-order valence-electron chi connectivity index (χ4n) is 3.49. The third-order valence-corrected chi connectivity index (χ3v) is 4.55. The summed E-state index contributed by atoms with van der Waals surface area (Å²) >= 11 is 0. The summed E-state index contributed by atoms with van der Waals surface area (Å²) in [5.74, 6) is -0.585. The predicted molar refractivity (Wildman–Crippen MR) is 81.3 cm³/mol. The Labute approximate surface area is 132 Å². The number of ether oxygens (including phenoxy) is 1. The molecule has 4 heteroatoms. The fraction of sp³-hybridized carbons (Fsp3) is 0.471. The number of hydrogen-bond acceptors (Lipinski definition) is 3. The standard InChI is InChI=1S/C17H20N2O2/c1-19-11-6-7-12(19)9-13(8-11)21-17(20)15-10-18-16-5-3-2-4-14(15)16/h2-5,10-13,18H,6-9H2,1H3/t11-,12+,13?/i1D3,3D,4D,5D. The van der Waals surface area contributed by atoms with Crippen LogP contribution in [0, 0.1) is 0 Å². The molecule has 0 saturated carbocycles. The van der Waals surface area contributed by atoms with Crippen molar-refractivity contribution < 1.29 is 17.8 Å². The van der Waals surface area contributed by atoms with E-state index in [9.17, 15) is 4.79 Å². The second-order valence-corrected chi connectivity index (χ2v) is 5.80. The first-order valence-corrected chi connectivity index (χ1v) is 7.24. The van der Waals surface area contributed by atoms with Crippen molar-refractivity contribution in [1.82, 2.24) is 9.88 Å². The molecule has 1 aromatic carbocycles. The van der Waals surface area contributed by atoms with Gasteiger partial charge in [-0.05, 0) is 25.9 Å². The van der Waals surface area contributed by atoms with Gasteiger partial charge >= 0.3 is 5.97 Å². The van der Waals surface area contributed by atoms with Gasteiger partial charge in [-0.2, -0.15) is 0 Å². The molecule has 2 aromatic rings. The molecular weight excluding hydrogens is 264 g/mol. The predicted octanol–water partition coefficient (Wildman–Crippen LogP) is 2.95. The number of aromatic amines is 1. The zero-order chi connectivity index (χ0) is 19.5. The van der Waals surface area contributed by atoms with E-state index in [1.165, 1.54) is 12.3 Å². The van der Waals surface area contributed by atoms with E-state index in [4.69, 9.17) is 13.0 Å². The van der Waals surface area contributed by atoms with Crippen molar-refractivity contribution in [3.63, 3.8) is 0 Å². The van der Waals surface area contributed by atoms with Gasteiger partial charge in [0.2, 0.25) is 0 Å². The summed E-state index contributed by atoms with van der Waals surface area (Å²) in [5, 5.41) is 0.281. The van der Waals surface area contributed by atoms with E-state index in [1.807, 2.05) is 0 Å². The summed E-state index contributed by atoms with van der Waals surface area (Å²) in [6.45, 7) is -2.13. The van der Waals surface area contributed by atoms with Gasteiger partial charge in [0, 0.05) is 46.1 Å². The van der Waals surface area contributed by atoms with Crippen LogP contribution in [0.25, 0.3) is 10.9 Å². The number of aromatic nitrogens is 1. The number of hydrogen-bond donors (Lipinski definition) is 1. The molecule has 0 radical (unpaired) electrons. The van der Waals surface area contributed by atoms with E-state index in [0.29, 0.717) is 12.8 Å². The van der Waals surface area contributed by atoms with Gasteiger partial charge in [0.15, 0.2) is 0 Å². The first-order valence-electron chi connectivity index (χ1n) is 10.2. The topological polar surface area (TPSA) is 45.3 Å². The van der Waals surface area contributed by atoms with Crippen molar-refractivity contribution in [2.24, 2.45) is 0 Å². The number of piperidine rings is 1. The number of fused-ring (bicyclic) bond motifs is 3. The fourth-order valence-corrected chi connectivity index (χ4v) is 3.49. The van der Waals surface area contributed by atoms with E-state index in [1.54, 1.807) is 4.90 Å². The van der Waals surface area contributed by atoms with Gasteiger partial charge in [-0.25, -0.2) is 4.79 Å². The first kappa shape index (κ1) is 7.99. The summed E-state index contributed by atoms with van der Waals surface area (Å²) in [6.07, 6.45) is 3.59. The Morgan fingerprint density at radius 1 is 1.43 bits per heavy atom. The second kappa shape index (κ2) is 4.88. The molecule has 4 rings (SSSR count). The minimum Gasteiger partial charge on any atom is -0.459 e. The molecule has 0 spiro atoms. The first-order chi connectivity index (χ1) is 12.7. The number of para-hydroxylation sites is 1. The maximum atomic E-state index is 12.7. The van der Waals surface area contributed by atoms with Crippen LogP contribution in [0.2, 0.25) is 0 Å². The van der Waals surface area contributed by atoms with Crippen LogP contribution in [-0.2, 0) is 4.74 Å². The van der Waals surface area contributed by atoms with Gasteiger partial charge in [-0.1, -0.05) is 18.2 Å². The molecule has 1 unspecified atom stereocenters. The van der Waals surface area contributed by atoms with Gasteiger partial charge in [0.05, 0.1) is 9.68 Å². The Bertz CT molecular complexity index is 895. The molecule has 4 nitrogen and oxygen atoms in total. The lowest BCUT2D eigenvalue weighted by Gasteiger charge is -2.35. The van der Waals surface area contributed by atoms with Crippen molar-refractivity contribution >= 4 is 16.9 Å². The van der Waals surface area contributed by atoms with E-state index in [2.05, 4.69) is 4.98 Å². The summed E-state index contributed by atoms with van der Waals surface area (Å²) in [4.78, 5) is 17.1. The molecule has 110 valence electrons. The average molecular weight is 290 g/mol. The smallest absolute Gasteiger partial charge is 0.340 e. The Kier molecular flexibility index (Phi) is 1.86. The average Bonchev–Trinajstić information content (AvgIpc) is 3.13. The third-order valence-electron chi connectivity index (χ3n) is 4.55. The van der Waals surface area contributed by atoms with Crippen LogP contribution in [0.3, 0.4) is 0 Å². The van der Waals surface area contributed by atoms with Crippen molar-refractivity contribution in [3.05, 3.63) is 36.0 Å². The van der Waals surface area contributed by atoms with Gasteiger partial charge in [0.1, 0.15) is 6.10 Å². The molecule has 0 aliphatic carbocycles. The number of benzene rings is 1. The molecule has 1 aromatic heterocycles. The Hall–Kier alpha value is -1.81. The molecule has 0 amide bonds. The lowest BCUT2D eigenvalue weighted by atomic mass is 10.0. The molecule has 2 fully saturated rings. The van der Waals surface area contributed by atoms with Gasteiger partial charge in [-0.3, -0.25) is 0 Å². The molecule has 21 heavy (non-hydrogen) atoms. The summed E-state index contributed by atoms with van der Waals surface area (Å²) in [7, 11) is 0. The SMILES string of the molecule is [2H]c1cc([2H])c2c(C(=O)OC3C[C@H]4CC[C@@H](C3)N4C([2H])([2H])[2H])c[nH]c2c1[2H]. The van der Waals surface area contributed by atoms with Crippen molar-refractivity contribution in [1.29, 1.82) is 0 Å². The zero-order valence-corrected chi connectivity index (χ0v) is 11.5. The summed E-state index contributed by atoms with van der Waals surface area (Å²) in [6, 6.07) is 0.858. The Balaban J connectivity index is 1.55. The molecule has 2 bridgehead atoms. The number of nitrogens with zero attached hydrogens (tertiary/aromatic N) is 1. The number of nitrogens with one attached hydrogen (secondary N) is 1. The lowest BCUT2D eigenvalue weighted by molar-refractivity contribution is -0.000258. The van der Waals surface area contributed by atoms with Crippen LogP contribution in [0.4, 0.5) is 0 Å². The number of esters is 1.